The van der Waals surface area contributed by atoms with Crippen LogP contribution in [0.5, 0.6) is 0 Å². The van der Waals surface area contributed by atoms with E-state index in [-0.39, 0.29) is 29.7 Å². The molecule has 10 heteroatoms. The number of benzene rings is 1. The average molecular weight is 421 g/mol. The van der Waals surface area contributed by atoms with Crippen molar-refractivity contribution in [3.05, 3.63) is 58.5 Å². The molecule has 1 aliphatic heterocycles. The van der Waals surface area contributed by atoms with Gasteiger partial charge in [0.05, 0.1) is 12.0 Å². The number of carbonyl (C=O) groups excluding carboxylic acids is 2. The largest absolute Gasteiger partial charge is 0.448 e. The van der Waals surface area contributed by atoms with Crippen molar-refractivity contribution in [3.8, 4) is 0 Å². The molecule has 4 heterocycles. The first kappa shape index (κ1) is 19.0. The van der Waals surface area contributed by atoms with E-state index in [9.17, 15) is 14.4 Å². The van der Waals surface area contributed by atoms with Crippen molar-refractivity contribution < 1.29 is 18.5 Å². The van der Waals surface area contributed by atoms with Gasteiger partial charge in [0.15, 0.2) is 0 Å². The van der Waals surface area contributed by atoms with E-state index in [2.05, 4.69) is 10.1 Å². The molecule has 4 aromatic rings. The van der Waals surface area contributed by atoms with Crippen LogP contribution in [0.1, 0.15) is 16.2 Å². The number of hydrogen-bond acceptors (Lipinski definition) is 7. The third-order valence-corrected chi connectivity index (χ3v) is 5.41. The standard InChI is InChI=1S/C21H19N5O5/c1-13-10-16(31-23-13)20(28)25-8-6-24(7-9-25)17(27)11-26-12-22-18-14-4-2-3-5-15(14)30-19(18)21(26)29/h2-5,10,12H,6-9,11H2,1H3. The zero-order valence-electron chi connectivity index (χ0n) is 16.8. The molecule has 10 nitrogen and oxygen atoms in total. The monoisotopic (exact) mass is 421 g/mol. The normalized spacial score (nSPS) is 14.5. The predicted octanol–water partition coefficient (Wildman–Crippen LogP) is 1.42. The second-order valence-electron chi connectivity index (χ2n) is 7.46. The van der Waals surface area contributed by atoms with Gasteiger partial charge in [-0.05, 0) is 19.1 Å². The number of hydrogen-bond donors (Lipinski definition) is 0. The third-order valence-electron chi connectivity index (χ3n) is 5.41. The fourth-order valence-electron chi connectivity index (χ4n) is 3.75. The van der Waals surface area contributed by atoms with E-state index in [4.69, 9.17) is 8.94 Å². The molecule has 0 bridgehead atoms. The average Bonchev–Trinajstić information content (AvgIpc) is 3.39. The Bertz CT molecular complexity index is 1360. The second kappa shape index (κ2) is 7.38. The number of para-hydroxylation sites is 1. The van der Waals surface area contributed by atoms with Gasteiger partial charge in [-0.1, -0.05) is 17.3 Å². The Morgan fingerprint density at radius 1 is 1.10 bits per heavy atom. The lowest BCUT2D eigenvalue weighted by atomic mass is 10.2. The van der Waals surface area contributed by atoms with Crippen LogP contribution in [0.3, 0.4) is 0 Å². The van der Waals surface area contributed by atoms with Crippen LogP contribution in [0, 0.1) is 6.92 Å². The number of rotatable bonds is 3. The van der Waals surface area contributed by atoms with Crippen molar-refractivity contribution in [2.24, 2.45) is 0 Å². The summed E-state index contributed by atoms with van der Waals surface area (Å²) >= 11 is 0. The quantitative estimate of drug-likeness (QED) is 0.491. The first-order valence-electron chi connectivity index (χ1n) is 9.88. The van der Waals surface area contributed by atoms with E-state index >= 15 is 0 Å². The van der Waals surface area contributed by atoms with E-state index in [0.29, 0.717) is 43.0 Å². The molecule has 2 amide bonds. The Kier molecular flexibility index (Phi) is 4.54. The SMILES string of the molecule is Cc1cc(C(=O)N2CCN(C(=O)Cn3cnc4c(oc5ccccc54)c3=O)CC2)on1. The molecule has 1 aromatic carbocycles. The van der Waals surface area contributed by atoms with E-state index in [1.165, 1.54) is 10.9 Å². The summed E-state index contributed by atoms with van der Waals surface area (Å²) in [6, 6.07) is 8.87. The van der Waals surface area contributed by atoms with Gasteiger partial charge in [0.25, 0.3) is 11.5 Å². The molecule has 158 valence electrons. The van der Waals surface area contributed by atoms with Crippen LogP contribution in [-0.2, 0) is 11.3 Å². The summed E-state index contributed by atoms with van der Waals surface area (Å²) in [6.45, 7) is 3.09. The second-order valence-corrected chi connectivity index (χ2v) is 7.46. The predicted molar refractivity (Wildman–Crippen MR) is 109 cm³/mol. The lowest BCUT2D eigenvalue weighted by molar-refractivity contribution is -0.133. The Balaban J connectivity index is 1.28. The maximum atomic E-state index is 12.8. The summed E-state index contributed by atoms with van der Waals surface area (Å²) in [4.78, 5) is 45.6. The smallest absolute Gasteiger partial charge is 0.297 e. The highest BCUT2D eigenvalue weighted by Crippen LogP contribution is 2.24. The zero-order chi connectivity index (χ0) is 21.5. The summed E-state index contributed by atoms with van der Waals surface area (Å²) in [5.74, 6) is -0.278. The van der Waals surface area contributed by atoms with E-state index < -0.39 is 5.56 Å². The molecule has 1 aliphatic rings. The number of furan rings is 1. The first-order chi connectivity index (χ1) is 15.0. The van der Waals surface area contributed by atoms with Crippen LogP contribution < -0.4 is 5.56 Å². The third kappa shape index (κ3) is 3.35. The molecular formula is C21H19N5O5. The minimum atomic E-state index is -0.399. The van der Waals surface area contributed by atoms with Gasteiger partial charge in [-0.3, -0.25) is 19.0 Å². The van der Waals surface area contributed by atoms with Crippen molar-refractivity contribution in [2.45, 2.75) is 13.5 Å². The number of amides is 2. The van der Waals surface area contributed by atoms with E-state index in [0.717, 1.165) is 5.39 Å². The number of carbonyl (C=O) groups is 2. The fraction of sp³-hybridized carbons (Fsp3) is 0.286. The van der Waals surface area contributed by atoms with Crippen molar-refractivity contribution >= 4 is 33.9 Å². The maximum Gasteiger partial charge on any atom is 0.297 e. The lowest BCUT2D eigenvalue weighted by Crippen LogP contribution is -2.51. The minimum absolute atomic E-state index is 0.134. The summed E-state index contributed by atoms with van der Waals surface area (Å²) in [6.07, 6.45) is 1.37. The fourth-order valence-corrected chi connectivity index (χ4v) is 3.75. The van der Waals surface area contributed by atoms with Crippen molar-refractivity contribution in [1.82, 2.24) is 24.5 Å². The van der Waals surface area contributed by atoms with Gasteiger partial charge in [-0.25, -0.2) is 4.98 Å². The van der Waals surface area contributed by atoms with Crippen LogP contribution in [0.25, 0.3) is 22.1 Å². The first-order valence-corrected chi connectivity index (χ1v) is 9.88. The van der Waals surface area contributed by atoms with Crippen molar-refractivity contribution in [2.75, 3.05) is 26.2 Å². The molecular weight excluding hydrogens is 402 g/mol. The van der Waals surface area contributed by atoms with Crippen LogP contribution in [-0.4, -0.2) is 62.5 Å². The van der Waals surface area contributed by atoms with Gasteiger partial charge in [-0.15, -0.1) is 0 Å². The number of piperazine rings is 1. The summed E-state index contributed by atoms with van der Waals surface area (Å²) in [5.41, 5.74) is 1.43. The molecule has 0 N–H and O–H groups in total. The molecule has 5 rings (SSSR count). The van der Waals surface area contributed by atoms with Crippen LogP contribution >= 0.6 is 0 Å². The van der Waals surface area contributed by atoms with Crippen LogP contribution in [0.2, 0.25) is 0 Å². The lowest BCUT2D eigenvalue weighted by Gasteiger charge is -2.34. The Morgan fingerprint density at radius 3 is 2.58 bits per heavy atom. The highest BCUT2D eigenvalue weighted by Gasteiger charge is 2.27. The van der Waals surface area contributed by atoms with E-state index in [1.807, 2.05) is 18.2 Å². The number of aryl methyl sites for hydroxylation is 1. The molecule has 0 saturated carbocycles. The van der Waals surface area contributed by atoms with Gasteiger partial charge in [0, 0.05) is 37.6 Å². The van der Waals surface area contributed by atoms with Gasteiger partial charge >= 0.3 is 0 Å². The maximum absolute atomic E-state index is 12.8. The van der Waals surface area contributed by atoms with E-state index in [1.54, 1.807) is 28.9 Å². The Labute approximate surface area is 175 Å². The highest BCUT2D eigenvalue weighted by atomic mass is 16.5. The number of aromatic nitrogens is 3. The Morgan fingerprint density at radius 2 is 1.84 bits per heavy atom. The molecule has 0 atom stereocenters. The Hall–Kier alpha value is -3.95. The molecule has 0 aliphatic carbocycles. The number of nitrogens with zero attached hydrogens (tertiary/aromatic N) is 5. The summed E-state index contributed by atoms with van der Waals surface area (Å²) < 4.78 is 11.9. The molecule has 0 radical (unpaired) electrons. The van der Waals surface area contributed by atoms with Crippen molar-refractivity contribution in [1.29, 1.82) is 0 Å². The van der Waals surface area contributed by atoms with Gasteiger partial charge in [0.2, 0.25) is 17.3 Å². The molecule has 1 saturated heterocycles. The van der Waals surface area contributed by atoms with Crippen LogP contribution in [0.15, 0.2) is 50.4 Å². The van der Waals surface area contributed by atoms with Crippen LogP contribution in [0.4, 0.5) is 0 Å². The summed E-state index contributed by atoms with van der Waals surface area (Å²) in [5, 5.41) is 4.49. The summed E-state index contributed by atoms with van der Waals surface area (Å²) in [7, 11) is 0. The van der Waals surface area contributed by atoms with Gasteiger partial charge in [-0.2, -0.15) is 0 Å². The molecule has 31 heavy (non-hydrogen) atoms. The highest BCUT2D eigenvalue weighted by molar-refractivity contribution is 6.01. The molecule has 1 fully saturated rings. The van der Waals surface area contributed by atoms with Crippen molar-refractivity contribution in [3.63, 3.8) is 0 Å². The molecule has 3 aromatic heterocycles. The molecule has 0 unspecified atom stereocenters. The molecule has 0 spiro atoms. The number of fused-ring (bicyclic) bond motifs is 3. The van der Waals surface area contributed by atoms with Gasteiger partial charge < -0.3 is 18.7 Å². The topological polar surface area (TPSA) is 115 Å². The van der Waals surface area contributed by atoms with Gasteiger partial charge in [0.1, 0.15) is 17.6 Å². The zero-order valence-corrected chi connectivity index (χ0v) is 16.8. The minimum Gasteiger partial charge on any atom is -0.448 e.